The number of alkyl halides is 3. The molecule has 2 aliphatic rings. The molecule has 0 unspecified atom stereocenters. The van der Waals surface area contributed by atoms with Gasteiger partial charge in [0, 0.05) is 6.04 Å². The first-order valence-electron chi connectivity index (χ1n) is 8.19. The predicted molar refractivity (Wildman–Crippen MR) is 103 cm³/mol. The van der Waals surface area contributed by atoms with Crippen molar-refractivity contribution in [1.82, 2.24) is 10.6 Å². The maximum absolute atomic E-state index is 12.7. The van der Waals surface area contributed by atoms with Gasteiger partial charge in [-0.1, -0.05) is 91.1 Å². The highest BCUT2D eigenvalue weighted by atomic mass is 35.6. The molecule has 3 nitrogen and oxygen atoms in total. The molecule has 0 aromatic rings. The van der Waals surface area contributed by atoms with E-state index in [2.05, 4.69) is 10.6 Å². The van der Waals surface area contributed by atoms with Crippen molar-refractivity contribution in [2.75, 3.05) is 0 Å². The van der Waals surface area contributed by atoms with E-state index in [1.54, 1.807) is 6.08 Å². The second kappa shape index (κ2) is 8.10. The van der Waals surface area contributed by atoms with Crippen molar-refractivity contribution in [3.63, 3.8) is 0 Å². The topological polar surface area (TPSA) is 41.1 Å². The predicted octanol–water partition coefficient (Wildman–Crippen LogP) is 5.31. The number of hydrogen-bond acceptors (Lipinski definition) is 2. The number of rotatable bonds is 5. The van der Waals surface area contributed by atoms with Crippen LogP contribution in [0.15, 0.2) is 10.6 Å². The van der Waals surface area contributed by atoms with E-state index in [1.807, 2.05) is 13.8 Å². The van der Waals surface area contributed by atoms with Gasteiger partial charge < -0.3 is 5.32 Å². The van der Waals surface area contributed by atoms with Crippen LogP contribution >= 0.6 is 58.0 Å². The third-order valence-corrected chi connectivity index (χ3v) is 6.03. The number of allylic oxidation sites excluding steroid dienone is 1. The lowest BCUT2D eigenvalue weighted by atomic mass is 9.95. The van der Waals surface area contributed by atoms with Gasteiger partial charge in [0.2, 0.25) is 9.70 Å². The Hall–Kier alpha value is 0.620. The molecule has 2 N–H and O–H groups in total. The van der Waals surface area contributed by atoms with E-state index in [4.69, 9.17) is 58.0 Å². The Morgan fingerprint density at radius 1 is 1.17 bits per heavy atom. The molecule has 0 spiro atoms. The van der Waals surface area contributed by atoms with Crippen LogP contribution in [0.2, 0.25) is 0 Å². The molecule has 2 rings (SSSR count). The molecule has 0 bridgehead atoms. The Balaban J connectivity index is 2.01. The van der Waals surface area contributed by atoms with Gasteiger partial charge in [0.15, 0.2) is 0 Å². The van der Waals surface area contributed by atoms with E-state index in [-0.39, 0.29) is 33.7 Å². The van der Waals surface area contributed by atoms with Gasteiger partial charge in [-0.15, -0.1) is 0 Å². The summed E-state index contributed by atoms with van der Waals surface area (Å²) in [4.78, 5) is 12.7. The zero-order chi connectivity index (χ0) is 18.1. The highest BCUT2D eigenvalue weighted by Crippen LogP contribution is 2.59. The summed E-state index contributed by atoms with van der Waals surface area (Å²) >= 11 is 29.7. The lowest BCUT2D eigenvalue weighted by Gasteiger charge is -2.33. The fourth-order valence-electron chi connectivity index (χ4n) is 3.58. The number of nitrogens with one attached hydrogen (secondary N) is 2. The minimum Gasteiger partial charge on any atom is -0.336 e. The van der Waals surface area contributed by atoms with Crippen LogP contribution < -0.4 is 10.6 Å². The van der Waals surface area contributed by atoms with Gasteiger partial charge >= 0.3 is 0 Å². The van der Waals surface area contributed by atoms with Crippen molar-refractivity contribution >= 4 is 63.9 Å². The zero-order valence-electron chi connectivity index (χ0n) is 13.7. The van der Waals surface area contributed by atoms with Crippen LogP contribution in [-0.4, -0.2) is 21.9 Å². The second-order valence-corrected chi connectivity index (χ2v) is 10.6. The minimum absolute atomic E-state index is 0.0202. The molecule has 2 saturated carbocycles. The van der Waals surface area contributed by atoms with Crippen LogP contribution in [0.5, 0.6) is 0 Å². The first kappa shape index (κ1) is 20.9. The quantitative estimate of drug-likeness (QED) is 0.453. The number of halogens is 5. The van der Waals surface area contributed by atoms with E-state index in [0.29, 0.717) is 0 Å². The maximum atomic E-state index is 12.7. The summed E-state index contributed by atoms with van der Waals surface area (Å²) in [7, 11) is 0. The van der Waals surface area contributed by atoms with Crippen molar-refractivity contribution in [1.29, 1.82) is 0 Å². The first-order chi connectivity index (χ1) is 11.0. The summed E-state index contributed by atoms with van der Waals surface area (Å²) < 4.78 is -1.46. The monoisotopic (exact) mass is 434 g/mol. The molecule has 138 valence electrons. The molecule has 0 aromatic carbocycles. The number of carbonyl (C=O) groups is 1. The summed E-state index contributed by atoms with van der Waals surface area (Å²) in [5.74, 6) is -0.420. The molecule has 8 heteroatoms. The molecule has 2 fully saturated rings. The number of hydrogen-bond donors (Lipinski definition) is 2. The average molecular weight is 437 g/mol. The van der Waals surface area contributed by atoms with Crippen molar-refractivity contribution in [3.05, 3.63) is 10.6 Å². The third-order valence-electron chi connectivity index (χ3n) is 5.12. The fourth-order valence-corrected chi connectivity index (χ4v) is 4.20. The first-order valence-corrected chi connectivity index (χ1v) is 10.1. The Morgan fingerprint density at radius 3 is 2.25 bits per heavy atom. The summed E-state index contributed by atoms with van der Waals surface area (Å²) in [5.41, 5.74) is -0.220. The van der Waals surface area contributed by atoms with E-state index < -0.39 is 9.96 Å². The van der Waals surface area contributed by atoms with Gasteiger partial charge in [0.1, 0.15) is 10.7 Å². The van der Waals surface area contributed by atoms with Gasteiger partial charge in [-0.3, -0.25) is 10.1 Å². The van der Waals surface area contributed by atoms with Crippen molar-refractivity contribution in [2.45, 2.75) is 62.0 Å². The third kappa shape index (κ3) is 5.31. The van der Waals surface area contributed by atoms with E-state index >= 15 is 0 Å². The smallest absolute Gasteiger partial charge is 0.225 e. The van der Waals surface area contributed by atoms with Crippen molar-refractivity contribution < 1.29 is 4.79 Å². The summed E-state index contributed by atoms with van der Waals surface area (Å²) in [5, 5.41) is 6.16. The summed E-state index contributed by atoms with van der Waals surface area (Å²) in [6.45, 7) is 3.99. The molecule has 0 saturated heterocycles. The molecule has 3 atom stereocenters. The average Bonchev–Trinajstić information content (AvgIpc) is 2.98. The molecule has 0 radical (unpaired) electrons. The molecule has 0 aliphatic heterocycles. The lowest BCUT2D eigenvalue weighted by Crippen LogP contribution is -2.57. The molecule has 1 amide bonds. The largest absolute Gasteiger partial charge is 0.336 e. The summed E-state index contributed by atoms with van der Waals surface area (Å²) in [6.07, 6.45) is 6.54. The van der Waals surface area contributed by atoms with Gasteiger partial charge in [0.05, 0.1) is 5.92 Å². The second-order valence-electron chi connectivity index (χ2n) is 7.27. The van der Waals surface area contributed by atoms with Crippen LogP contribution in [0.25, 0.3) is 0 Å². The van der Waals surface area contributed by atoms with Crippen LogP contribution in [0, 0.1) is 17.3 Å². The van der Waals surface area contributed by atoms with E-state index in [1.165, 1.54) is 6.42 Å². The van der Waals surface area contributed by atoms with Crippen LogP contribution in [0.3, 0.4) is 0 Å². The van der Waals surface area contributed by atoms with Crippen molar-refractivity contribution in [2.24, 2.45) is 17.3 Å². The van der Waals surface area contributed by atoms with Crippen LogP contribution in [0.4, 0.5) is 0 Å². The standard InChI is InChI=1S/C16H23Cl5N2O/c1-15(2)10(8-11(17)18)12(15)13(24)23-14(16(19,20)21)22-9-6-4-3-5-7-9/h8-10,12,14,22H,3-7H2,1-2H3,(H,23,24)/t10-,12+,14-/m1/s1. The highest BCUT2D eigenvalue weighted by Gasteiger charge is 2.61. The van der Waals surface area contributed by atoms with Gasteiger partial charge in [-0.05, 0) is 30.3 Å². The zero-order valence-corrected chi connectivity index (χ0v) is 17.5. The SMILES string of the molecule is CC1(C)[C@H](C=C(Cl)Cl)[C@H]1C(=O)N[C@@H](NC1CCCCC1)C(Cl)(Cl)Cl. The van der Waals surface area contributed by atoms with Gasteiger partial charge in [0.25, 0.3) is 0 Å². The maximum Gasteiger partial charge on any atom is 0.225 e. The molecule has 24 heavy (non-hydrogen) atoms. The van der Waals surface area contributed by atoms with Crippen molar-refractivity contribution in [3.8, 4) is 0 Å². The molecular weight excluding hydrogens is 413 g/mol. The number of carbonyl (C=O) groups excluding carboxylic acids is 1. The van der Waals surface area contributed by atoms with Crippen LogP contribution in [0.1, 0.15) is 46.0 Å². The normalized spacial score (nSPS) is 28.1. The van der Waals surface area contributed by atoms with Gasteiger partial charge in [-0.25, -0.2) is 0 Å². The lowest BCUT2D eigenvalue weighted by molar-refractivity contribution is -0.124. The molecular formula is C16H23Cl5N2O. The summed E-state index contributed by atoms with van der Waals surface area (Å²) in [6, 6.07) is 0.250. The highest BCUT2D eigenvalue weighted by molar-refractivity contribution is 6.68. The molecule has 0 heterocycles. The Bertz CT molecular complexity index is 493. The molecule has 0 aromatic heterocycles. The number of amides is 1. The molecule has 2 aliphatic carbocycles. The Kier molecular flexibility index (Phi) is 7.07. The van der Waals surface area contributed by atoms with E-state index in [0.717, 1.165) is 25.7 Å². The van der Waals surface area contributed by atoms with Crippen LogP contribution in [-0.2, 0) is 4.79 Å². The van der Waals surface area contributed by atoms with E-state index in [9.17, 15) is 4.79 Å². The Labute approximate surface area is 168 Å². The van der Waals surface area contributed by atoms with Gasteiger partial charge in [-0.2, -0.15) is 0 Å². The fraction of sp³-hybridized carbons (Fsp3) is 0.812. The Morgan fingerprint density at radius 2 is 1.75 bits per heavy atom. The minimum atomic E-state index is -1.62.